The predicted molar refractivity (Wildman–Crippen MR) is 79.8 cm³/mol. The van der Waals surface area contributed by atoms with Crippen LogP contribution in [0.15, 0.2) is 30.6 Å². The minimum atomic E-state index is -0.325. The first-order chi connectivity index (χ1) is 9.61. The molecule has 3 aromatic heterocycles. The molecule has 0 spiro atoms. The first-order valence-electron chi connectivity index (χ1n) is 6.24. The molecule has 0 amide bonds. The summed E-state index contributed by atoms with van der Waals surface area (Å²) in [5.41, 5.74) is 2.92. The van der Waals surface area contributed by atoms with Crippen LogP contribution in [-0.2, 0) is 4.74 Å². The number of rotatable bonds is 2. The number of carbonyl (C=O) groups excluding carboxylic acids is 1. The summed E-state index contributed by atoms with van der Waals surface area (Å²) in [5, 5.41) is 1.01. The molecule has 0 aliphatic rings. The number of hydrogen-bond acceptors (Lipinski definition) is 4. The van der Waals surface area contributed by atoms with Crippen LogP contribution < -0.4 is 0 Å². The first-order valence-corrected chi connectivity index (χ1v) is 7.06. The summed E-state index contributed by atoms with van der Waals surface area (Å²) in [7, 11) is 1.40. The number of nitrogens with zero attached hydrogens (tertiary/aromatic N) is 2. The van der Waals surface area contributed by atoms with E-state index in [1.165, 1.54) is 18.4 Å². The molecule has 3 aromatic rings. The van der Waals surface area contributed by atoms with E-state index in [2.05, 4.69) is 4.98 Å². The molecule has 0 aliphatic heterocycles. The fraction of sp³-hybridized carbons (Fsp3) is 0.200. The number of esters is 1. The van der Waals surface area contributed by atoms with Crippen LogP contribution in [0.25, 0.3) is 15.9 Å². The van der Waals surface area contributed by atoms with Gasteiger partial charge < -0.3 is 9.30 Å². The average Bonchev–Trinajstić information content (AvgIpc) is 3.03. The second-order valence-corrected chi connectivity index (χ2v) is 5.62. The quantitative estimate of drug-likeness (QED) is 0.677. The van der Waals surface area contributed by atoms with Gasteiger partial charge in [0, 0.05) is 23.5 Å². The summed E-state index contributed by atoms with van der Waals surface area (Å²) < 4.78 is 6.84. The van der Waals surface area contributed by atoms with Crippen molar-refractivity contribution < 1.29 is 9.53 Å². The van der Waals surface area contributed by atoms with Crippen LogP contribution in [0.3, 0.4) is 0 Å². The van der Waals surface area contributed by atoms with Crippen molar-refractivity contribution in [1.82, 2.24) is 9.55 Å². The van der Waals surface area contributed by atoms with Gasteiger partial charge in [-0.25, -0.2) is 9.78 Å². The lowest BCUT2D eigenvalue weighted by Crippen LogP contribution is -2.03. The van der Waals surface area contributed by atoms with E-state index < -0.39 is 0 Å². The Balaban J connectivity index is 2.41. The second-order valence-electron chi connectivity index (χ2n) is 4.62. The van der Waals surface area contributed by atoms with E-state index in [0.29, 0.717) is 4.88 Å². The number of hydrogen-bond donors (Lipinski definition) is 0. The molecule has 0 fully saturated rings. The number of aryl methyl sites for hydroxylation is 2. The van der Waals surface area contributed by atoms with Gasteiger partial charge in [0.2, 0.25) is 0 Å². The number of carbonyl (C=O) groups is 1. The van der Waals surface area contributed by atoms with Crippen LogP contribution in [0.2, 0.25) is 0 Å². The van der Waals surface area contributed by atoms with Crippen molar-refractivity contribution in [3.8, 4) is 5.69 Å². The van der Waals surface area contributed by atoms with Gasteiger partial charge in [0.1, 0.15) is 9.71 Å². The Morgan fingerprint density at radius 1 is 1.30 bits per heavy atom. The fourth-order valence-electron chi connectivity index (χ4n) is 2.38. The van der Waals surface area contributed by atoms with Crippen LogP contribution in [0.5, 0.6) is 0 Å². The molecule has 20 heavy (non-hydrogen) atoms. The molecule has 0 unspecified atom stereocenters. The Morgan fingerprint density at radius 2 is 2.00 bits per heavy atom. The maximum absolute atomic E-state index is 12.0. The smallest absolute Gasteiger partial charge is 0.350 e. The summed E-state index contributed by atoms with van der Waals surface area (Å²) in [6.45, 7) is 4.00. The highest BCUT2D eigenvalue weighted by Gasteiger charge is 2.22. The Morgan fingerprint density at radius 3 is 2.65 bits per heavy atom. The normalized spacial score (nSPS) is 10.9. The standard InChI is InChI=1S/C15H14N2O2S/c1-9-8-10(2)16-14-11(9)12(17-6-4-5-7-17)13(20-14)15(18)19-3/h4-8H,1-3H3. The van der Waals surface area contributed by atoms with Crippen molar-refractivity contribution >= 4 is 27.5 Å². The summed E-state index contributed by atoms with van der Waals surface area (Å²) in [6, 6.07) is 5.89. The molecule has 0 aliphatic carbocycles. The Kier molecular flexibility index (Phi) is 3.06. The summed E-state index contributed by atoms with van der Waals surface area (Å²) >= 11 is 1.38. The molecule has 0 radical (unpaired) electrons. The van der Waals surface area contributed by atoms with E-state index >= 15 is 0 Å². The summed E-state index contributed by atoms with van der Waals surface area (Å²) in [5.74, 6) is -0.325. The SMILES string of the molecule is COC(=O)c1sc2nc(C)cc(C)c2c1-n1cccc1. The second kappa shape index (κ2) is 4.76. The molecule has 5 heteroatoms. The summed E-state index contributed by atoms with van der Waals surface area (Å²) in [6.07, 6.45) is 3.85. The molecule has 0 aromatic carbocycles. The number of pyridine rings is 1. The van der Waals surface area contributed by atoms with E-state index in [4.69, 9.17) is 4.74 Å². The highest BCUT2D eigenvalue weighted by atomic mass is 32.1. The Bertz CT molecular complexity index is 788. The van der Waals surface area contributed by atoms with Crippen molar-refractivity contribution in [2.24, 2.45) is 0 Å². The van der Waals surface area contributed by atoms with Crippen molar-refractivity contribution in [2.75, 3.05) is 7.11 Å². The molecule has 0 N–H and O–H groups in total. The van der Waals surface area contributed by atoms with Crippen molar-refractivity contribution in [1.29, 1.82) is 0 Å². The molecule has 3 heterocycles. The van der Waals surface area contributed by atoms with Crippen LogP contribution in [0, 0.1) is 13.8 Å². The third-order valence-electron chi connectivity index (χ3n) is 3.20. The van der Waals surface area contributed by atoms with Gasteiger partial charge in [-0.1, -0.05) is 0 Å². The molecule has 102 valence electrons. The van der Waals surface area contributed by atoms with Gasteiger partial charge in [-0.3, -0.25) is 0 Å². The van der Waals surface area contributed by atoms with E-state index in [1.54, 1.807) is 0 Å². The molecule has 4 nitrogen and oxygen atoms in total. The molecular formula is C15H14N2O2S. The van der Waals surface area contributed by atoms with E-state index in [0.717, 1.165) is 27.2 Å². The largest absolute Gasteiger partial charge is 0.465 e. The number of fused-ring (bicyclic) bond motifs is 1. The predicted octanol–water partition coefficient (Wildman–Crippen LogP) is 3.49. The molecule has 0 saturated heterocycles. The van der Waals surface area contributed by atoms with Crippen molar-refractivity contribution in [3.63, 3.8) is 0 Å². The van der Waals surface area contributed by atoms with E-state index in [1.807, 2.05) is 49.0 Å². The molecule has 0 bridgehead atoms. The lowest BCUT2D eigenvalue weighted by atomic mass is 10.1. The molecule has 3 rings (SSSR count). The van der Waals surface area contributed by atoms with Gasteiger partial charge in [0.15, 0.2) is 0 Å². The third kappa shape index (κ3) is 1.91. The lowest BCUT2D eigenvalue weighted by Gasteiger charge is -2.06. The minimum Gasteiger partial charge on any atom is -0.465 e. The van der Waals surface area contributed by atoms with Crippen LogP contribution in [-0.4, -0.2) is 22.6 Å². The van der Waals surface area contributed by atoms with Gasteiger partial charge in [-0.15, -0.1) is 11.3 Å². The van der Waals surface area contributed by atoms with Gasteiger partial charge in [-0.2, -0.15) is 0 Å². The van der Waals surface area contributed by atoms with Gasteiger partial charge >= 0.3 is 5.97 Å². The van der Waals surface area contributed by atoms with Crippen molar-refractivity contribution in [2.45, 2.75) is 13.8 Å². The molecular weight excluding hydrogens is 272 g/mol. The van der Waals surface area contributed by atoms with Crippen molar-refractivity contribution in [3.05, 3.63) is 46.7 Å². The zero-order valence-corrected chi connectivity index (χ0v) is 12.3. The highest BCUT2D eigenvalue weighted by molar-refractivity contribution is 7.21. The van der Waals surface area contributed by atoms with Crippen LogP contribution in [0.4, 0.5) is 0 Å². The van der Waals surface area contributed by atoms with Gasteiger partial charge in [0.05, 0.1) is 12.8 Å². The highest BCUT2D eigenvalue weighted by Crippen LogP contribution is 2.36. The first kappa shape index (κ1) is 12.9. The number of aromatic nitrogens is 2. The third-order valence-corrected chi connectivity index (χ3v) is 4.25. The minimum absolute atomic E-state index is 0.325. The maximum Gasteiger partial charge on any atom is 0.350 e. The maximum atomic E-state index is 12.0. The monoisotopic (exact) mass is 286 g/mol. The number of ether oxygens (including phenoxy) is 1. The number of thiophene rings is 1. The molecule has 0 saturated carbocycles. The lowest BCUT2D eigenvalue weighted by molar-refractivity contribution is 0.0606. The van der Waals surface area contributed by atoms with Crippen LogP contribution in [0.1, 0.15) is 20.9 Å². The van der Waals surface area contributed by atoms with Gasteiger partial charge in [0.25, 0.3) is 0 Å². The fourth-order valence-corrected chi connectivity index (χ4v) is 3.60. The number of methoxy groups -OCH3 is 1. The molecule has 0 atom stereocenters. The van der Waals surface area contributed by atoms with E-state index in [9.17, 15) is 4.79 Å². The topological polar surface area (TPSA) is 44.1 Å². The Labute approximate surface area is 120 Å². The van der Waals surface area contributed by atoms with Gasteiger partial charge in [-0.05, 0) is 37.6 Å². The zero-order chi connectivity index (χ0) is 14.3. The van der Waals surface area contributed by atoms with Crippen LogP contribution >= 0.6 is 11.3 Å². The Hall–Kier alpha value is -2.14. The van der Waals surface area contributed by atoms with E-state index in [-0.39, 0.29) is 5.97 Å². The summed E-state index contributed by atoms with van der Waals surface area (Å²) in [4.78, 5) is 18.0. The zero-order valence-electron chi connectivity index (χ0n) is 11.5. The average molecular weight is 286 g/mol.